The Labute approximate surface area is 152 Å². The third kappa shape index (κ3) is 3.74. The number of rotatable bonds is 4. The normalized spacial score (nSPS) is 21.6. The Morgan fingerprint density at radius 1 is 1.16 bits per heavy atom. The van der Waals surface area contributed by atoms with Crippen LogP contribution in [0.5, 0.6) is 0 Å². The van der Waals surface area contributed by atoms with Gasteiger partial charge in [0.05, 0.1) is 12.8 Å². The molecule has 2 aliphatic rings. The van der Waals surface area contributed by atoms with Gasteiger partial charge in [-0.2, -0.15) is 16.9 Å². The van der Waals surface area contributed by atoms with Crippen LogP contribution in [0.4, 0.5) is 11.6 Å². The van der Waals surface area contributed by atoms with E-state index in [0.717, 1.165) is 49.9 Å². The van der Waals surface area contributed by atoms with Crippen LogP contribution in [0.3, 0.4) is 0 Å². The standard InChI is InChI=1S/C17H24N6OS/c1-2-23-11-14(10-20-23)15-12-22(3-6-24-15)17-9-16(18-13-19-17)21-4-7-25-8-5-21/h9-11,13,15H,2-8,12H2,1H3. The Morgan fingerprint density at radius 3 is 2.72 bits per heavy atom. The fraction of sp³-hybridized carbons (Fsp3) is 0.588. The maximum Gasteiger partial charge on any atom is 0.134 e. The number of ether oxygens (including phenoxy) is 1. The van der Waals surface area contributed by atoms with Crippen molar-refractivity contribution >= 4 is 23.4 Å². The number of aromatic nitrogens is 4. The number of anilines is 2. The summed E-state index contributed by atoms with van der Waals surface area (Å²) in [5.74, 6) is 4.35. The highest BCUT2D eigenvalue weighted by Gasteiger charge is 2.25. The number of nitrogens with zero attached hydrogens (tertiary/aromatic N) is 6. The molecule has 0 aliphatic carbocycles. The lowest BCUT2D eigenvalue weighted by molar-refractivity contribution is 0.0394. The summed E-state index contributed by atoms with van der Waals surface area (Å²) < 4.78 is 7.91. The first-order valence-corrected chi connectivity index (χ1v) is 10.0. The fourth-order valence-corrected chi connectivity index (χ4v) is 4.16. The molecule has 0 amide bonds. The average molecular weight is 360 g/mol. The predicted octanol–water partition coefficient (Wildman–Crippen LogP) is 1.82. The molecule has 2 fully saturated rings. The van der Waals surface area contributed by atoms with Gasteiger partial charge in [-0.25, -0.2) is 9.97 Å². The van der Waals surface area contributed by atoms with E-state index in [-0.39, 0.29) is 6.10 Å². The van der Waals surface area contributed by atoms with Gasteiger partial charge in [0.25, 0.3) is 0 Å². The Bertz CT molecular complexity index is 702. The van der Waals surface area contributed by atoms with Crippen molar-refractivity contribution in [2.24, 2.45) is 0 Å². The van der Waals surface area contributed by atoms with Crippen LogP contribution < -0.4 is 9.80 Å². The highest BCUT2D eigenvalue weighted by Crippen LogP contribution is 2.27. The third-order valence-electron chi connectivity index (χ3n) is 4.71. The Kier molecular flexibility index (Phi) is 5.07. The largest absolute Gasteiger partial charge is 0.370 e. The van der Waals surface area contributed by atoms with Crippen LogP contribution in [0, 0.1) is 0 Å². The summed E-state index contributed by atoms with van der Waals surface area (Å²) in [5.41, 5.74) is 1.13. The topological polar surface area (TPSA) is 59.3 Å². The Balaban J connectivity index is 1.49. The van der Waals surface area contributed by atoms with Crippen molar-refractivity contribution in [1.29, 1.82) is 0 Å². The van der Waals surface area contributed by atoms with Crippen LogP contribution in [0.25, 0.3) is 0 Å². The molecule has 2 aromatic rings. The number of aryl methyl sites for hydroxylation is 1. The van der Waals surface area contributed by atoms with Gasteiger partial charge in [-0.1, -0.05) is 0 Å². The molecule has 8 heteroatoms. The minimum atomic E-state index is 0.0406. The molecule has 0 saturated carbocycles. The van der Waals surface area contributed by atoms with Crippen LogP contribution in [0.1, 0.15) is 18.6 Å². The van der Waals surface area contributed by atoms with E-state index >= 15 is 0 Å². The van der Waals surface area contributed by atoms with Crippen LogP contribution in [0.15, 0.2) is 24.8 Å². The second-order valence-corrected chi connectivity index (χ2v) is 7.49. The van der Waals surface area contributed by atoms with Gasteiger partial charge in [0, 0.05) is 62.1 Å². The second kappa shape index (κ2) is 7.61. The van der Waals surface area contributed by atoms with Crippen molar-refractivity contribution in [2.45, 2.75) is 19.6 Å². The molecule has 2 aliphatic heterocycles. The summed E-state index contributed by atoms with van der Waals surface area (Å²) in [5, 5.41) is 4.37. The van der Waals surface area contributed by atoms with Crippen molar-refractivity contribution in [1.82, 2.24) is 19.7 Å². The van der Waals surface area contributed by atoms with Crippen LogP contribution in [0.2, 0.25) is 0 Å². The molecule has 2 saturated heterocycles. The van der Waals surface area contributed by atoms with E-state index in [2.05, 4.69) is 44.1 Å². The molecule has 1 unspecified atom stereocenters. The maximum absolute atomic E-state index is 5.97. The molecule has 0 spiro atoms. The van der Waals surface area contributed by atoms with Gasteiger partial charge in [-0.05, 0) is 6.92 Å². The van der Waals surface area contributed by atoms with Crippen molar-refractivity contribution in [3.63, 3.8) is 0 Å². The second-order valence-electron chi connectivity index (χ2n) is 6.27. The molecule has 1 atom stereocenters. The first kappa shape index (κ1) is 16.7. The van der Waals surface area contributed by atoms with E-state index in [0.29, 0.717) is 6.61 Å². The summed E-state index contributed by atoms with van der Waals surface area (Å²) in [6, 6.07) is 2.12. The minimum Gasteiger partial charge on any atom is -0.370 e. The summed E-state index contributed by atoms with van der Waals surface area (Å²) in [4.78, 5) is 13.6. The monoisotopic (exact) mass is 360 g/mol. The van der Waals surface area contributed by atoms with Gasteiger partial charge in [-0.15, -0.1) is 0 Å². The zero-order valence-electron chi connectivity index (χ0n) is 14.5. The zero-order valence-corrected chi connectivity index (χ0v) is 15.4. The first-order valence-electron chi connectivity index (χ1n) is 8.87. The SMILES string of the molecule is CCn1cc(C2CN(c3cc(N4CCSCC4)ncn3)CCO2)cn1. The third-order valence-corrected chi connectivity index (χ3v) is 5.66. The predicted molar refractivity (Wildman–Crippen MR) is 100 cm³/mol. The molecule has 0 N–H and O–H groups in total. The highest BCUT2D eigenvalue weighted by atomic mass is 32.2. The minimum absolute atomic E-state index is 0.0406. The number of morpholine rings is 1. The lowest BCUT2D eigenvalue weighted by Gasteiger charge is -2.34. The fourth-order valence-electron chi connectivity index (χ4n) is 3.25. The van der Waals surface area contributed by atoms with Crippen molar-refractivity contribution in [3.8, 4) is 0 Å². The van der Waals surface area contributed by atoms with E-state index in [1.54, 1.807) is 6.33 Å². The molecule has 7 nitrogen and oxygen atoms in total. The summed E-state index contributed by atoms with van der Waals surface area (Å²) in [6.07, 6.45) is 5.71. The summed E-state index contributed by atoms with van der Waals surface area (Å²) in [7, 11) is 0. The van der Waals surface area contributed by atoms with Gasteiger partial charge in [0.15, 0.2) is 0 Å². The van der Waals surface area contributed by atoms with Crippen LogP contribution >= 0.6 is 11.8 Å². The molecule has 25 heavy (non-hydrogen) atoms. The number of thioether (sulfide) groups is 1. The summed E-state index contributed by atoms with van der Waals surface area (Å²) in [6.45, 7) is 7.42. The quantitative estimate of drug-likeness (QED) is 0.824. The van der Waals surface area contributed by atoms with Gasteiger partial charge in [-0.3, -0.25) is 4.68 Å². The molecule has 0 radical (unpaired) electrons. The van der Waals surface area contributed by atoms with Crippen molar-refractivity contribution < 1.29 is 4.74 Å². The molecule has 4 heterocycles. The molecule has 0 bridgehead atoms. The van der Waals surface area contributed by atoms with Gasteiger partial charge in [0.2, 0.25) is 0 Å². The first-order chi connectivity index (χ1) is 12.3. The Morgan fingerprint density at radius 2 is 1.96 bits per heavy atom. The van der Waals surface area contributed by atoms with E-state index in [1.807, 2.05) is 22.6 Å². The molecule has 0 aromatic carbocycles. The zero-order chi connectivity index (χ0) is 17.1. The van der Waals surface area contributed by atoms with E-state index in [9.17, 15) is 0 Å². The molecular formula is C17H24N6OS. The number of hydrogen-bond donors (Lipinski definition) is 0. The van der Waals surface area contributed by atoms with Gasteiger partial charge < -0.3 is 14.5 Å². The van der Waals surface area contributed by atoms with Crippen molar-refractivity contribution in [2.75, 3.05) is 54.1 Å². The van der Waals surface area contributed by atoms with E-state index < -0.39 is 0 Å². The highest BCUT2D eigenvalue weighted by molar-refractivity contribution is 7.99. The van der Waals surface area contributed by atoms with E-state index in [4.69, 9.17) is 4.74 Å². The van der Waals surface area contributed by atoms with E-state index in [1.165, 1.54) is 11.5 Å². The Hall–Kier alpha value is -1.80. The molecule has 2 aromatic heterocycles. The lowest BCUT2D eigenvalue weighted by Crippen LogP contribution is -2.39. The smallest absolute Gasteiger partial charge is 0.134 e. The number of hydrogen-bond acceptors (Lipinski definition) is 7. The lowest BCUT2D eigenvalue weighted by atomic mass is 10.1. The van der Waals surface area contributed by atoms with Crippen molar-refractivity contribution in [3.05, 3.63) is 30.4 Å². The van der Waals surface area contributed by atoms with Gasteiger partial charge >= 0.3 is 0 Å². The van der Waals surface area contributed by atoms with Crippen LogP contribution in [-0.4, -0.2) is 64.0 Å². The molecular weight excluding hydrogens is 336 g/mol. The average Bonchev–Trinajstić information content (AvgIpc) is 3.18. The maximum atomic E-state index is 5.97. The van der Waals surface area contributed by atoms with Gasteiger partial charge in [0.1, 0.15) is 24.1 Å². The molecule has 4 rings (SSSR count). The summed E-state index contributed by atoms with van der Waals surface area (Å²) >= 11 is 2.01. The molecule has 134 valence electrons. The van der Waals surface area contributed by atoms with Crippen LogP contribution in [-0.2, 0) is 11.3 Å².